The molecule has 1 aliphatic carbocycles. The van der Waals surface area contributed by atoms with Crippen molar-refractivity contribution in [2.24, 2.45) is 0 Å². The number of aliphatic hydroxyl groups is 1. The Labute approximate surface area is 103 Å². The van der Waals surface area contributed by atoms with Crippen molar-refractivity contribution >= 4 is 17.4 Å². The van der Waals surface area contributed by atoms with Gasteiger partial charge in [-0.2, -0.15) is 0 Å². The van der Waals surface area contributed by atoms with Gasteiger partial charge < -0.3 is 10.0 Å². The summed E-state index contributed by atoms with van der Waals surface area (Å²) in [6.07, 6.45) is 0.0752. The molecule has 1 amide bonds. The number of carbonyl (C=O) groups excluding carboxylic acids is 2. The van der Waals surface area contributed by atoms with Crippen LogP contribution in [0.2, 0.25) is 0 Å². The lowest BCUT2D eigenvalue weighted by Crippen LogP contribution is -2.29. The van der Waals surface area contributed by atoms with Crippen LogP contribution in [0.25, 0.3) is 0 Å². The van der Waals surface area contributed by atoms with E-state index in [1.807, 2.05) is 0 Å². The van der Waals surface area contributed by atoms with Crippen molar-refractivity contribution in [3.8, 4) is 0 Å². The molecule has 3 rings (SSSR count). The number of Topliss-reactive ketones (excluding diaryl/α,β-unsaturated/α-hetero) is 1. The standard InChI is InChI=1S/C13H12FNO3/c14-10-6-7(15-4-3-12(17)13(15)18)5-9-8(10)1-2-11(9)16/h5-6,12,17H,1-4H2. The summed E-state index contributed by atoms with van der Waals surface area (Å²) in [5, 5.41) is 9.39. The van der Waals surface area contributed by atoms with E-state index in [4.69, 9.17) is 0 Å². The van der Waals surface area contributed by atoms with Crippen molar-refractivity contribution in [1.29, 1.82) is 0 Å². The zero-order valence-corrected chi connectivity index (χ0v) is 9.65. The van der Waals surface area contributed by atoms with Crippen LogP contribution in [0.3, 0.4) is 0 Å². The summed E-state index contributed by atoms with van der Waals surface area (Å²) >= 11 is 0. The first kappa shape index (κ1) is 11.3. The highest BCUT2D eigenvalue weighted by atomic mass is 19.1. The summed E-state index contributed by atoms with van der Waals surface area (Å²) in [5.74, 6) is -0.958. The SMILES string of the molecule is O=C1CCc2c(F)cc(N3CCC(O)C3=O)cc21. The van der Waals surface area contributed by atoms with Crippen LogP contribution in [0.4, 0.5) is 10.1 Å². The van der Waals surface area contributed by atoms with Gasteiger partial charge in [0.05, 0.1) is 0 Å². The van der Waals surface area contributed by atoms with Gasteiger partial charge >= 0.3 is 0 Å². The van der Waals surface area contributed by atoms with Crippen molar-refractivity contribution in [1.82, 2.24) is 0 Å². The van der Waals surface area contributed by atoms with Crippen LogP contribution in [-0.2, 0) is 11.2 Å². The second-order valence-corrected chi connectivity index (χ2v) is 4.67. The van der Waals surface area contributed by atoms with E-state index in [1.54, 1.807) is 6.07 Å². The highest BCUT2D eigenvalue weighted by molar-refractivity contribution is 6.03. The first-order chi connectivity index (χ1) is 8.58. The number of ketones is 1. The van der Waals surface area contributed by atoms with Gasteiger partial charge in [0.25, 0.3) is 5.91 Å². The van der Waals surface area contributed by atoms with Crippen LogP contribution >= 0.6 is 0 Å². The number of hydrogen-bond acceptors (Lipinski definition) is 3. The first-order valence-electron chi connectivity index (χ1n) is 5.93. The minimum Gasteiger partial charge on any atom is -0.383 e. The fourth-order valence-corrected chi connectivity index (χ4v) is 2.58. The van der Waals surface area contributed by atoms with Crippen molar-refractivity contribution in [2.75, 3.05) is 11.4 Å². The Hall–Kier alpha value is -1.75. The van der Waals surface area contributed by atoms with Crippen molar-refractivity contribution in [2.45, 2.75) is 25.4 Å². The maximum Gasteiger partial charge on any atom is 0.255 e. The number of nitrogens with zero attached hydrogens (tertiary/aromatic N) is 1. The third-order valence-electron chi connectivity index (χ3n) is 3.57. The molecule has 94 valence electrons. The predicted molar refractivity (Wildman–Crippen MR) is 62.0 cm³/mol. The van der Waals surface area contributed by atoms with Gasteiger partial charge in [0.15, 0.2) is 5.78 Å². The Morgan fingerprint density at radius 3 is 2.72 bits per heavy atom. The van der Waals surface area contributed by atoms with Crippen LogP contribution < -0.4 is 4.90 Å². The van der Waals surface area contributed by atoms with E-state index in [2.05, 4.69) is 0 Å². The quantitative estimate of drug-likeness (QED) is 0.809. The molecule has 5 heteroatoms. The molecule has 1 aromatic rings. The fourth-order valence-electron chi connectivity index (χ4n) is 2.58. The largest absolute Gasteiger partial charge is 0.383 e. The van der Waals surface area contributed by atoms with Crippen LogP contribution in [-0.4, -0.2) is 29.4 Å². The summed E-state index contributed by atoms with van der Waals surface area (Å²) in [6, 6.07) is 2.83. The van der Waals surface area contributed by atoms with E-state index in [0.29, 0.717) is 42.6 Å². The summed E-state index contributed by atoms with van der Waals surface area (Å²) in [7, 11) is 0. The molecule has 4 nitrogen and oxygen atoms in total. The number of anilines is 1. The highest BCUT2D eigenvalue weighted by Crippen LogP contribution is 2.31. The van der Waals surface area contributed by atoms with E-state index in [0.717, 1.165) is 0 Å². The van der Waals surface area contributed by atoms with Crippen LogP contribution in [0.1, 0.15) is 28.8 Å². The number of benzene rings is 1. The average Bonchev–Trinajstić information content (AvgIpc) is 2.86. The van der Waals surface area contributed by atoms with Crippen LogP contribution in [0.15, 0.2) is 12.1 Å². The number of fused-ring (bicyclic) bond motifs is 1. The molecule has 1 atom stereocenters. The zero-order chi connectivity index (χ0) is 12.9. The Kier molecular flexibility index (Phi) is 2.45. The smallest absolute Gasteiger partial charge is 0.255 e. The van der Waals surface area contributed by atoms with Gasteiger partial charge in [0, 0.05) is 30.6 Å². The average molecular weight is 249 g/mol. The maximum absolute atomic E-state index is 13.8. The van der Waals surface area contributed by atoms with Gasteiger partial charge in [-0.3, -0.25) is 9.59 Å². The maximum atomic E-state index is 13.8. The lowest BCUT2D eigenvalue weighted by atomic mass is 10.1. The van der Waals surface area contributed by atoms with Gasteiger partial charge in [0.1, 0.15) is 11.9 Å². The second-order valence-electron chi connectivity index (χ2n) is 4.67. The van der Waals surface area contributed by atoms with Gasteiger partial charge in [-0.05, 0) is 24.1 Å². The van der Waals surface area contributed by atoms with Crippen molar-refractivity contribution in [3.63, 3.8) is 0 Å². The normalized spacial score (nSPS) is 22.8. The van der Waals surface area contributed by atoms with Crippen molar-refractivity contribution < 1.29 is 19.1 Å². The lowest BCUT2D eigenvalue weighted by Gasteiger charge is -2.17. The Morgan fingerprint density at radius 1 is 1.28 bits per heavy atom. The van der Waals surface area contributed by atoms with Crippen LogP contribution in [0.5, 0.6) is 0 Å². The third-order valence-corrected chi connectivity index (χ3v) is 3.57. The number of amides is 1. The molecule has 2 aliphatic rings. The molecule has 1 fully saturated rings. The second kappa shape index (κ2) is 3.88. The number of aliphatic hydroxyl groups excluding tert-OH is 1. The Bertz CT molecular complexity index is 555. The monoisotopic (exact) mass is 249 g/mol. The highest BCUT2D eigenvalue weighted by Gasteiger charge is 2.33. The summed E-state index contributed by atoms with van der Waals surface area (Å²) in [6.45, 7) is 0.354. The molecular formula is C13H12FNO3. The molecule has 1 saturated heterocycles. The third kappa shape index (κ3) is 1.54. The summed E-state index contributed by atoms with van der Waals surface area (Å²) < 4.78 is 13.8. The predicted octanol–water partition coefficient (Wildman–Crippen LogP) is 1.05. The minimum atomic E-state index is -1.02. The van der Waals surface area contributed by atoms with E-state index < -0.39 is 17.8 Å². The molecule has 0 saturated carbocycles. The molecule has 1 aromatic carbocycles. The summed E-state index contributed by atoms with van der Waals surface area (Å²) in [5.41, 5.74) is 1.18. The number of rotatable bonds is 1. The Balaban J connectivity index is 2.05. The summed E-state index contributed by atoms with van der Waals surface area (Å²) in [4.78, 5) is 24.6. The Morgan fingerprint density at radius 2 is 2.06 bits per heavy atom. The number of carbonyl (C=O) groups is 2. The lowest BCUT2D eigenvalue weighted by molar-refractivity contribution is -0.123. The molecule has 1 unspecified atom stereocenters. The molecule has 1 N–H and O–H groups in total. The van der Waals surface area contributed by atoms with E-state index in [-0.39, 0.29) is 5.78 Å². The molecule has 0 aromatic heterocycles. The molecule has 18 heavy (non-hydrogen) atoms. The van der Waals surface area contributed by atoms with Crippen molar-refractivity contribution in [3.05, 3.63) is 29.1 Å². The fraction of sp³-hybridized carbons (Fsp3) is 0.385. The molecule has 1 aliphatic heterocycles. The molecule has 0 bridgehead atoms. The molecule has 1 heterocycles. The van der Waals surface area contributed by atoms with Gasteiger partial charge in [-0.1, -0.05) is 0 Å². The molecule has 0 spiro atoms. The van der Waals surface area contributed by atoms with Gasteiger partial charge in [-0.15, -0.1) is 0 Å². The van der Waals surface area contributed by atoms with E-state index in [1.165, 1.54) is 11.0 Å². The van der Waals surface area contributed by atoms with E-state index in [9.17, 15) is 19.1 Å². The number of hydrogen-bond donors (Lipinski definition) is 1. The van der Waals surface area contributed by atoms with Crippen LogP contribution in [0, 0.1) is 5.82 Å². The number of halogens is 1. The molecular weight excluding hydrogens is 237 g/mol. The van der Waals surface area contributed by atoms with Gasteiger partial charge in [0.2, 0.25) is 0 Å². The minimum absolute atomic E-state index is 0.0852. The zero-order valence-electron chi connectivity index (χ0n) is 9.65. The molecule has 0 radical (unpaired) electrons. The van der Waals surface area contributed by atoms with Gasteiger partial charge in [-0.25, -0.2) is 4.39 Å². The van der Waals surface area contributed by atoms with E-state index >= 15 is 0 Å². The first-order valence-corrected chi connectivity index (χ1v) is 5.93. The topological polar surface area (TPSA) is 57.6 Å².